The summed E-state index contributed by atoms with van der Waals surface area (Å²) in [6, 6.07) is 5.19. The summed E-state index contributed by atoms with van der Waals surface area (Å²) in [6.07, 6.45) is 0.112. The molecule has 2 aromatic rings. The molecule has 2 rings (SSSR count). The lowest BCUT2D eigenvalue weighted by Crippen LogP contribution is -2.02. The minimum atomic E-state index is -1.35. The molecule has 7 N–H and O–H groups in total. The number of hydrogen-bond donors (Lipinski definition) is 5. The van der Waals surface area contributed by atoms with Crippen LogP contribution in [0.25, 0.3) is 0 Å². The van der Waals surface area contributed by atoms with Gasteiger partial charge in [0.2, 0.25) is 0 Å². The Balaban J connectivity index is 0.00000288. The molecule has 24 heavy (non-hydrogen) atoms. The number of carboxylic acids is 2. The number of phenols is 2. The van der Waals surface area contributed by atoms with E-state index < -0.39 is 23.4 Å². The molecular weight excluding hydrogens is 361 g/mol. The molecule has 0 saturated carbocycles. The molecule has 0 aliphatic carbocycles. The normalized spacial score (nSPS) is 10.1. The molecule has 0 atom stereocenters. The van der Waals surface area contributed by atoms with E-state index in [0.29, 0.717) is 11.1 Å². The van der Waals surface area contributed by atoms with Gasteiger partial charge in [0.25, 0.3) is 0 Å². The molecule has 0 aliphatic heterocycles. The Morgan fingerprint density at radius 2 is 1.12 bits per heavy atom. The lowest BCUT2D eigenvalue weighted by atomic mass is 10.00. The number of carboxylic acid groups (broad SMARTS) is 2. The largest absolute Gasteiger partial charge is 0.505 e. The van der Waals surface area contributed by atoms with Gasteiger partial charge < -0.3 is 26.6 Å². The number of hydrogen-bond acceptors (Lipinski definition) is 5. The van der Waals surface area contributed by atoms with Crippen molar-refractivity contribution >= 4 is 35.1 Å². The molecule has 0 aromatic heterocycles. The van der Waals surface area contributed by atoms with E-state index in [1.54, 1.807) is 0 Å². The summed E-state index contributed by atoms with van der Waals surface area (Å²) in [5.74, 6) is -3.78. The molecule has 0 unspecified atom stereocenters. The molecule has 0 radical (unpaired) electrons. The second-order valence-electron chi connectivity index (χ2n) is 4.73. The average Bonchev–Trinajstić information content (AvgIpc) is 2.45. The minimum absolute atomic E-state index is 0. The highest BCUT2D eigenvalue weighted by Gasteiger charge is 2.17. The van der Waals surface area contributed by atoms with Gasteiger partial charge in [-0.15, -0.1) is 0 Å². The molecule has 0 fully saturated rings. The lowest BCUT2D eigenvalue weighted by Gasteiger charge is -2.09. The summed E-state index contributed by atoms with van der Waals surface area (Å²) in [6.45, 7) is 0. The van der Waals surface area contributed by atoms with E-state index in [0.717, 1.165) is 0 Å². The zero-order valence-electron chi connectivity index (χ0n) is 12.1. The van der Waals surface area contributed by atoms with Gasteiger partial charge in [0.05, 0.1) is 10.0 Å². The molecule has 0 aliphatic rings. The third kappa shape index (κ3) is 3.88. The van der Waals surface area contributed by atoms with E-state index in [1.807, 2.05) is 0 Å². The topological polar surface area (TPSA) is 150 Å². The van der Waals surface area contributed by atoms with Gasteiger partial charge in [0.1, 0.15) is 22.6 Å². The van der Waals surface area contributed by atoms with Gasteiger partial charge in [0.15, 0.2) is 0 Å². The van der Waals surface area contributed by atoms with Gasteiger partial charge in [-0.1, -0.05) is 23.2 Å². The van der Waals surface area contributed by atoms with Crippen molar-refractivity contribution in [2.45, 2.75) is 6.42 Å². The molecule has 0 saturated heterocycles. The second kappa shape index (κ2) is 7.39. The van der Waals surface area contributed by atoms with Crippen LogP contribution in [-0.2, 0) is 6.42 Å². The van der Waals surface area contributed by atoms with E-state index in [2.05, 4.69) is 0 Å². The van der Waals surface area contributed by atoms with Gasteiger partial charge in [-0.25, -0.2) is 9.59 Å². The van der Waals surface area contributed by atoms with Crippen molar-refractivity contribution in [3.05, 3.63) is 56.6 Å². The number of carbonyl (C=O) groups is 2. The van der Waals surface area contributed by atoms with Crippen molar-refractivity contribution in [2.24, 2.45) is 0 Å². The van der Waals surface area contributed by atoms with Crippen molar-refractivity contribution in [3.63, 3.8) is 0 Å². The molecule has 9 heteroatoms. The summed E-state index contributed by atoms with van der Waals surface area (Å²) in [7, 11) is 0. The Labute approximate surface area is 146 Å². The Morgan fingerprint density at radius 1 is 0.792 bits per heavy atom. The summed E-state index contributed by atoms with van der Waals surface area (Å²) in [4.78, 5) is 22.1. The SMILES string of the molecule is N.O=C(O)c1cc(Cc2cc(Cl)c(O)c(C(=O)O)c2)cc(Cl)c1O. The van der Waals surface area contributed by atoms with Crippen molar-refractivity contribution < 1.29 is 30.0 Å². The molecule has 2 aromatic carbocycles. The van der Waals surface area contributed by atoms with Crippen molar-refractivity contribution in [3.8, 4) is 11.5 Å². The summed E-state index contributed by atoms with van der Waals surface area (Å²) in [5, 5.41) is 37.0. The van der Waals surface area contributed by atoms with Crippen LogP contribution in [0.15, 0.2) is 24.3 Å². The van der Waals surface area contributed by atoms with Crippen molar-refractivity contribution in [1.29, 1.82) is 0 Å². The first-order chi connectivity index (χ1) is 10.7. The Hall–Kier alpha value is -2.48. The smallest absolute Gasteiger partial charge is 0.339 e. The van der Waals surface area contributed by atoms with Gasteiger partial charge >= 0.3 is 11.9 Å². The van der Waals surface area contributed by atoms with Crippen LogP contribution in [0.4, 0.5) is 0 Å². The van der Waals surface area contributed by atoms with Crippen LogP contribution in [0.3, 0.4) is 0 Å². The van der Waals surface area contributed by atoms with Crippen LogP contribution >= 0.6 is 23.2 Å². The van der Waals surface area contributed by atoms with Crippen LogP contribution in [0.1, 0.15) is 31.8 Å². The predicted molar refractivity (Wildman–Crippen MR) is 88.0 cm³/mol. The zero-order chi connectivity index (χ0) is 17.3. The minimum Gasteiger partial charge on any atom is -0.505 e. The maximum atomic E-state index is 11.1. The Bertz CT molecular complexity index is 755. The summed E-state index contributed by atoms with van der Waals surface area (Å²) in [5.41, 5.74) is 0.137. The first-order valence-corrected chi connectivity index (χ1v) is 6.95. The summed E-state index contributed by atoms with van der Waals surface area (Å²) < 4.78 is 0. The number of rotatable bonds is 4. The maximum absolute atomic E-state index is 11.1. The molecule has 128 valence electrons. The highest BCUT2D eigenvalue weighted by Crippen LogP contribution is 2.32. The van der Waals surface area contributed by atoms with Crippen LogP contribution in [0, 0.1) is 0 Å². The maximum Gasteiger partial charge on any atom is 0.339 e. The van der Waals surface area contributed by atoms with Gasteiger partial charge in [0, 0.05) is 0 Å². The first-order valence-electron chi connectivity index (χ1n) is 6.20. The summed E-state index contributed by atoms with van der Waals surface area (Å²) >= 11 is 11.6. The Morgan fingerprint density at radius 3 is 1.42 bits per heavy atom. The van der Waals surface area contributed by atoms with Crippen LogP contribution in [0.5, 0.6) is 11.5 Å². The van der Waals surface area contributed by atoms with E-state index in [4.69, 9.17) is 33.4 Å². The van der Waals surface area contributed by atoms with Crippen molar-refractivity contribution in [1.82, 2.24) is 6.15 Å². The fourth-order valence-electron chi connectivity index (χ4n) is 2.08. The molecule has 7 nitrogen and oxygen atoms in total. The van der Waals surface area contributed by atoms with Gasteiger partial charge in [-0.05, 0) is 41.8 Å². The second-order valence-corrected chi connectivity index (χ2v) is 5.55. The number of aromatic carboxylic acids is 2. The van der Waals surface area contributed by atoms with Crippen molar-refractivity contribution in [2.75, 3.05) is 0 Å². The molecule has 0 heterocycles. The van der Waals surface area contributed by atoms with Crippen LogP contribution in [-0.4, -0.2) is 32.4 Å². The number of halogens is 2. The average molecular weight is 374 g/mol. The fraction of sp³-hybridized carbons (Fsp3) is 0.0667. The molecule has 0 amide bonds. The predicted octanol–water partition coefficient (Wildman–Crippen LogP) is 3.55. The standard InChI is InChI=1S/C15H10Cl2O6.H3N/c16-10-4-6(2-8(12(10)18)14(20)21)1-7-3-9(15(22)23)13(19)11(17)5-7;/h2-5,18-19H,1H2,(H,20,21)(H,22,23);1H3. The van der Waals surface area contributed by atoms with E-state index in [9.17, 15) is 19.8 Å². The highest BCUT2D eigenvalue weighted by molar-refractivity contribution is 6.33. The number of aromatic hydroxyl groups is 2. The van der Waals surface area contributed by atoms with Crippen LogP contribution < -0.4 is 6.15 Å². The Kier molecular flexibility index (Phi) is 6.03. The fourth-order valence-corrected chi connectivity index (χ4v) is 2.56. The van der Waals surface area contributed by atoms with Gasteiger partial charge in [-0.3, -0.25) is 0 Å². The van der Waals surface area contributed by atoms with Crippen LogP contribution in [0.2, 0.25) is 10.0 Å². The molecule has 0 spiro atoms. The molecule has 0 bridgehead atoms. The third-order valence-electron chi connectivity index (χ3n) is 3.12. The van der Waals surface area contributed by atoms with E-state index in [-0.39, 0.29) is 33.7 Å². The molecular formula is C15H13Cl2NO6. The van der Waals surface area contributed by atoms with Gasteiger partial charge in [-0.2, -0.15) is 0 Å². The van der Waals surface area contributed by atoms with E-state index >= 15 is 0 Å². The lowest BCUT2D eigenvalue weighted by molar-refractivity contribution is 0.0682. The van der Waals surface area contributed by atoms with E-state index in [1.165, 1.54) is 24.3 Å². The third-order valence-corrected chi connectivity index (χ3v) is 3.69. The first kappa shape index (κ1) is 19.6. The number of benzene rings is 2. The quantitative estimate of drug-likeness (QED) is 0.549. The monoisotopic (exact) mass is 373 g/mol. The zero-order valence-corrected chi connectivity index (χ0v) is 13.6. The highest BCUT2D eigenvalue weighted by atomic mass is 35.5.